The van der Waals surface area contributed by atoms with E-state index in [2.05, 4.69) is 4.98 Å². The van der Waals surface area contributed by atoms with Crippen LogP contribution in [-0.4, -0.2) is 33.3 Å². The number of carbonyl (C=O) groups excluding carboxylic acids is 2. The largest absolute Gasteiger partial charge is 0.329 e. The van der Waals surface area contributed by atoms with Gasteiger partial charge in [-0.2, -0.15) is 0 Å². The van der Waals surface area contributed by atoms with Crippen LogP contribution in [-0.2, 0) is 17.9 Å². The molecule has 0 radical (unpaired) electrons. The molecule has 1 aliphatic heterocycles. The number of carbonyl (C=O) groups is 2. The number of rotatable bonds is 4. The molecular weight excluding hydrogens is 338 g/mol. The summed E-state index contributed by atoms with van der Waals surface area (Å²) in [5, 5.41) is 1.89. The average molecular weight is 352 g/mol. The summed E-state index contributed by atoms with van der Waals surface area (Å²) >= 11 is 7.31. The van der Waals surface area contributed by atoms with Crippen molar-refractivity contribution in [2.24, 2.45) is 0 Å². The molecule has 0 spiro atoms. The molecule has 6 nitrogen and oxygen atoms in total. The summed E-state index contributed by atoms with van der Waals surface area (Å²) in [7, 11) is 0. The smallest absolute Gasteiger partial charge is 0.327 e. The van der Waals surface area contributed by atoms with Gasteiger partial charge in [0.05, 0.1) is 10.9 Å². The van der Waals surface area contributed by atoms with Gasteiger partial charge in [-0.1, -0.05) is 17.7 Å². The minimum atomic E-state index is -0.383. The second-order valence-electron chi connectivity index (χ2n) is 5.22. The maximum absolute atomic E-state index is 12.6. The molecule has 2 aromatic rings. The van der Waals surface area contributed by atoms with Gasteiger partial charge in [-0.15, -0.1) is 11.3 Å². The van der Waals surface area contributed by atoms with E-state index in [1.54, 1.807) is 17.0 Å². The van der Waals surface area contributed by atoms with Crippen molar-refractivity contribution >= 4 is 34.9 Å². The predicted octanol–water partition coefficient (Wildman–Crippen LogP) is 2.44. The molecule has 0 saturated carbocycles. The highest BCUT2D eigenvalue weighted by atomic mass is 35.5. The van der Waals surface area contributed by atoms with Gasteiger partial charge in [0.1, 0.15) is 0 Å². The van der Waals surface area contributed by atoms with Crippen molar-refractivity contribution in [3.63, 3.8) is 0 Å². The van der Waals surface area contributed by atoms with Crippen LogP contribution in [0.5, 0.6) is 0 Å². The molecule has 0 atom stereocenters. The molecule has 3 amide bonds. The van der Waals surface area contributed by atoms with E-state index in [9.17, 15) is 14.4 Å². The van der Waals surface area contributed by atoms with E-state index in [-0.39, 0.29) is 30.5 Å². The molecule has 2 aromatic heterocycles. The van der Waals surface area contributed by atoms with Gasteiger partial charge in [0.2, 0.25) is 5.91 Å². The Morgan fingerprint density at radius 1 is 1.26 bits per heavy atom. The van der Waals surface area contributed by atoms with E-state index in [4.69, 9.17) is 11.6 Å². The van der Waals surface area contributed by atoms with Gasteiger partial charge in [-0.3, -0.25) is 14.5 Å². The van der Waals surface area contributed by atoms with Crippen LogP contribution < -0.4 is 5.56 Å². The number of halogens is 1. The van der Waals surface area contributed by atoms with E-state index < -0.39 is 0 Å². The highest BCUT2D eigenvalue weighted by molar-refractivity contribution is 7.14. The van der Waals surface area contributed by atoms with Crippen LogP contribution >= 0.6 is 22.9 Å². The van der Waals surface area contributed by atoms with Gasteiger partial charge < -0.3 is 9.88 Å². The van der Waals surface area contributed by atoms with Crippen molar-refractivity contribution in [3.8, 4) is 0 Å². The van der Waals surface area contributed by atoms with Gasteiger partial charge in [0.15, 0.2) is 0 Å². The Balaban J connectivity index is 1.76. The Morgan fingerprint density at radius 3 is 2.78 bits per heavy atom. The van der Waals surface area contributed by atoms with Crippen molar-refractivity contribution in [2.75, 3.05) is 6.54 Å². The highest BCUT2D eigenvalue weighted by Gasteiger charge is 2.32. The van der Waals surface area contributed by atoms with Gasteiger partial charge >= 0.3 is 6.03 Å². The Bertz CT molecular complexity index is 801. The summed E-state index contributed by atoms with van der Waals surface area (Å²) in [6.07, 6.45) is 1.76. The molecule has 1 fully saturated rings. The lowest BCUT2D eigenvalue weighted by Gasteiger charge is -2.33. The first-order chi connectivity index (χ1) is 11.0. The topological polar surface area (TPSA) is 73.5 Å². The van der Waals surface area contributed by atoms with E-state index >= 15 is 0 Å². The highest BCUT2D eigenvalue weighted by Crippen LogP contribution is 2.23. The second kappa shape index (κ2) is 6.55. The number of nitrogens with one attached hydrogen (secondary N) is 1. The van der Waals surface area contributed by atoms with Crippen molar-refractivity contribution in [1.29, 1.82) is 0 Å². The van der Waals surface area contributed by atoms with Gasteiger partial charge in [0.25, 0.3) is 5.56 Å². The predicted molar refractivity (Wildman–Crippen MR) is 87.4 cm³/mol. The summed E-state index contributed by atoms with van der Waals surface area (Å²) < 4.78 is 0.660. The van der Waals surface area contributed by atoms with Crippen LogP contribution in [0.4, 0.5) is 4.79 Å². The van der Waals surface area contributed by atoms with Crippen LogP contribution in [0.2, 0.25) is 4.34 Å². The molecule has 1 N–H and O–H groups in total. The summed E-state index contributed by atoms with van der Waals surface area (Å²) in [5.74, 6) is -0.266. The summed E-state index contributed by atoms with van der Waals surface area (Å²) in [4.78, 5) is 41.6. The number of H-pyrrole nitrogens is 1. The molecule has 1 aliphatic rings. The maximum atomic E-state index is 12.6. The molecule has 0 aromatic carbocycles. The molecule has 3 heterocycles. The third-order valence-electron chi connectivity index (χ3n) is 3.62. The Hall–Kier alpha value is -2.12. The number of thiophene rings is 1. The van der Waals surface area contributed by atoms with E-state index in [0.717, 1.165) is 10.5 Å². The number of aromatic amines is 1. The first kappa shape index (κ1) is 15.8. The van der Waals surface area contributed by atoms with Crippen LogP contribution in [0.1, 0.15) is 17.5 Å². The fourth-order valence-electron chi connectivity index (χ4n) is 2.44. The number of pyridine rings is 1. The Labute approximate surface area is 141 Å². The number of amides is 3. The molecule has 0 unspecified atom stereocenters. The normalized spacial score (nSPS) is 15.3. The second-order valence-corrected chi connectivity index (χ2v) is 6.76. The lowest BCUT2D eigenvalue weighted by Crippen LogP contribution is -2.51. The quantitative estimate of drug-likeness (QED) is 0.919. The molecule has 0 bridgehead atoms. The SMILES string of the molecule is O=C1CCN(Cc2csc(Cl)c2)C(=O)N1Cc1ccc[nH]c1=O. The third-order valence-corrected chi connectivity index (χ3v) is 4.76. The lowest BCUT2D eigenvalue weighted by atomic mass is 10.2. The molecule has 8 heteroatoms. The minimum Gasteiger partial charge on any atom is -0.329 e. The minimum absolute atomic E-state index is 0.0191. The van der Waals surface area contributed by atoms with Crippen molar-refractivity contribution in [3.05, 3.63) is 55.6 Å². The van der Waals surface area contributed by atoms with Gasteiger partial charge in [-0.05, 0) is 23.1 Å². The summed E-state index contributed by atoms with van der Waals surface area (Å²) in [5.41, 5.74) is 1.02. The van der Waals surface area contributed by atoms with E-state index in [1.165, 1.54) is 17.5 Å². The molecular formula is C15H14ClN3O3S. The standard InChI is InChI=1S/C15H14ClN3O3S/c16-12-6-10(9-23-12)7-18-5-3-13(20)19(15(18)22)8-11-2-1-4-17-14(11)21/h1-2,4,6,9H,3,5,7-8H2,(H,17,21). The van der Waals surface area contributed by atoms with Crippen LogP contribution in [0.25, 0.3) is 0 Å². The van der Waals surface area contributed by atoms with E-state index in [1.807, 2.05) is 11.4 Å². The Kier molecular flexibility index (Phi) is 4.49. The zero-order valence-corrected chi connectivity index (χ0v) is 13.7. The van der Waals surface area contributed by atoms with Crippen LogP contribution in [0, 0.1) is 0 Å². The first-order valence-electron chi connectivity index (χ1n) is 7.03. The number of imide groups is 1. The lowest BCUT2D eigenvalue weighted by molar-refractivity contribution is -0.131. The zero-order chi connectivity index (χ0) is 16.4. The summed E-state index contributed by atoms with van der Waals surface area (Å²) in [6.45, 7) is 0.749. The summed E-state index contributed by atoms with van der Waals surface area (Å²) in [6, 6.07) is 4.70. The molecule has 23 heavy (non-hydrogen) atoms. The van der Waals surface area contributed by atoms with E-state index in [0.29, 0.717) is 23.0 Å². The maximum Gasteiger partial charge on any atom is 0.327 e. The molecule has 120 valence electrons. The van der Waals surface area contributed by atoms with Gasteiger partial charge in [-0.25, -0.2) is 4.79 Å². The van der Waals surface area contributed by atoms with Crippen molar-refractivity contribution in [2.45, 2.75) is 19.5 Å². The molecule has 3 rings (SSSR count). The van der Waals surface area contributed by atoms with Crippen LogP contribution in [0.3, 0.4) is 0 Å². The number of urea groups is 1. The first-order valence-corrected chi connectivity index (χ1v) is 8.29. The van der Waals surface area contributed by atoms with Crippen molar-refractivity contribution < 1.29 is 9.59 Å². The number of aromatic nitrogens is 1. The van der Waals surface area contributed by atoms with Crippen molar-refractivity contribution in [1.82, 2.24) is 14.8 Å². The van der Waals surface area contributed by atoms with Gasteiger partial charge in [0, 0.05) is 31.3 Å². The number of hydrogen-bond acceptors (Lipinski definition) is 4. The fraction of sp³-hybridized carbons (Fsp3) is 0.267. The average Bonchev–Trinajstić information content (AvgIpc) is 2.93. The third kappa shape index (κ3) is 3.46. The number of nitrogens with zero attached hydrogens (tertiary/aromatic N) is 2. The monoisotopic (exact) mass is 351 g/mol. The van der Waals surface area contributed by atoms with Crippen LogP contribution in [0.15, 0.2) is 34.6 Å². The number of hydrogen-bond donors (Lipinski definition) is 1. The fourth-order valence-corrected chi connectivity index (χ4v) is 3.34. The molecule has 0 aliphatic carbocycles. The zero-order valence-electron chi connectivity index (χ0n) is 12.1. The molecule has 1 saturated heterocycles. The Morgan fingerprint density at radius 2 is 2.09 bits per heavy atom.